The lowest BCUT2D eigenvalue weighted by Gasteiger charge is -2.35. The van der Waals surface area contributed by atoms with Crippen LogP contribution in [0.3, 0.4) is 0 Å². The summed E-state index contributed by atoms with van der Waals surface area (Å²) in [7, 11) is 1.53. The smallest absolute Gasteiger partial charge is 0.332 e. The average molecular weight is 496 g/mol. The maximum atomic E-state index is 13.3. The van der Waals surface area contributed by atoms with Crippen LogP contribution in [0.1, 0.15) is 53.5 Å². The minimum absolute atomic E-state index is 0.106. The second-order valence-corrected chi connectivity index (χ2v) is 10.1. The maximum absolute atomic E-state index is 13.3. The molecule has 0 spiro atoms. The molecule has 0 aromatic heterocycles. The fraction of sp³-hybridized carbons (Fsp3) is 0.640. The van der Waals surface area contributed by atoms with Crippen LogP contribution >= 0.6 is 0 Å². The number of ether oxygens (including phenoxy) is 3. The zero-order valence-electron chi connectivity index (χ0n) is 21.9. The van der Waals surface area contributed by atoms with Crippen LogP contribution in [0.4, 0.5) is 0 Å². The molecule has 1 unspecified atom stereocenters. The topological polar surface area (TPSA) is 135 Å². The molecule has 0 bridgehead atoms. The van der Waals surface area contributed by atoms with E-state index in [1.165, 1.54) is 7.11 Å². The lowest BCUT2D eigenvalue weighted by Crippen LogP contribution is -2.54. The molecule has 1 aromatic carbocycles. The molecule has 0 fully saturated rings. The van der Waals surface area contributed by atoms with Gasteiger partial charge < -0.3 is 30.0 Å². The second-order valence-electron chi connectivity index (χ2n) is 10.1. The fourth-order valence-electron chi connectivity index (χ4n) is 3.23. The Labute approximate surface area is 208 Å². The molecular formula is C25H41N3O7. The summed E-state index contributed by atoms with van der Waals surface area (Å²) in [5, 5.41) is 19.0. The van der Waals surface area contributed by atoms with Crippen molar-refractivity contribution in [1.29, 1.82) is 0 Å². The largest absolute Gasteiger partial charge is 0.497 e. The monoisotopic (exact) mass is 495 g/mol. The Bertz CT molecular complexity index is 829. The number of carbonyl (C=O) groups is 3. The van der Waals surface area contributed by atoms with Gasteiger partial charge in [-0.2, -0.15) is 0 Å². The van der Waals surface area contributed by atoms with Gasteiger partial charge in [0, 0.05) is 26.2 Å². The third-order valence-electron chi connectivity index (χ3n) is 4.64. The van der Waals surface area contributed by atoms with E-state index in [9.17, 15) is 19.5 Å². The van der Waals surface area contributed by atoms with Gasteiger partial charge >= 0.3 is 17.9 Å². The highest BCUT2D eigenvalue weighted by atomic mass is 16.6. The molecule has 0 aliphatic heterocycles. The van der Waals surface area contributed by atoms with E-state index >= 15 is 0 Å². The summed E-state index contributed by atoms with van der Waals surface area (Å²) in [4.78, 5) is 36.8. The number of aliphatic carboxylic acids is 1. The number of carboxylic acid groups (broad SMARTS) is 1. The first-order valence-corrected chi connectivity index (χ1v) is 11.7. The lowest BCUT2D eigenvalue weighted by molar-refractivity contribution is -0.167. The Morgan fingerprint density at radius 2 is 1.37 bits per heavy atom. The summed E-state index contributed by atoms with van der Waals surface area (Å²) in [5.41, 5.74) is -2.44. The molecular weight excluding hydrogens is 454 g/mol. The Hall–Kier alpha value is -2.69. The van der Waals surface area contributed by atoms with Crippen molar-refractivity contribution < 1.29 is 33.7 Å². The SMILES string of the molecule is COc1ccc(C(CC(=O)O)(NCCNCCNCC(=O)OC(C)(C)C)C(=O)OC(C)(C)C)cc1. The van der Waals surface area contributed by atoms with E-state index in [-0.39, 0.29) is 12.5 Å². The quantitative estimate of drug-likeness (QED) is 0.224. The van der Waals surface area contributed by atoms with Gasteiger partial charge in [-0.1, -0.05) is 12.1 Å². The molecule has 4 N–H and O–H groups in total. The zero-order valence-corrected chi connectivity index (χ0v) is 21.9. The molecule has 0 radical (unpaired) electrons. The van der Waals surface area contributed by atoms with Crippen molar-refractivity contribution in [2.75, 3.05) is 39.8 Å². The van der Waals surface area contributed by atoms with Gasteiger partial charge in [-0.3, -0.25) is 14.9 Å². The van der Waals surface area contributed by atoms with Gasteiger partial charge in [0.1, 0.15) is 17.0 Å². The predicted molar refractivity (Wildman–Crippen MR) is 132 cm³/mol. The summed E-state index contributed by atoms with van der Waals surface area (Å²) in [5.74, 6) is -1.55. The number of hydrogen-bond acceptors (Lipinski definition) is 9. The first kappa shape index (κ1) is 30.3. The van der Waals surface area contributed by atoms with Crippen molar-refractivity contribution in [3.05, 3.63) is 29.8 Å². The van der Waals surface area contributed by atoms with E-state index in [1.807, 2.05) is 20.8 Å². The normalized spacial score (nSPS) is 13.6. The van der Waals surface area contributed by atoms with E-state index < -0.39 is 35.1 Å². The second kappa shape index (κ2) is 13.4. The third-order valence-corrected chi connectivity index (χ3v) is 4.64. The first-order chi connectivity index (χ1) is 16.2. The molecule has 0 saturated carbocycles. The van der Waals surface area contributed by atoms with E-state index in [4.69, 9.17) is 14.2 Å². The highest BCUT2D eigenvalue weighted by molar-refractivity contribution is 5.88. The van der Waals surface area contributed by atoms with Crippen LogP contribution in [0.5, 0.6) is 5.75 Å². The molecule has 0 aliphatic carbocycles. The third kappa shape index (κ3) is 11.5. The number of benzene rings is 1. The molecule has 10 nitrogen and oxygen atoms in total. The number of methoxy groups -OCH3 is 1. The molecule has 1 aromatic rings. The van der Waals surface area contributed by atoms with Gasteiger partial charge in [-0.15, -0.1) is 0 Å². The predicted octanol–water partition coefficient (Wildman–Crippen LogP) is 1.82. The summed E-state index contributed by atoms with van der Waals surface area (Å²) >= 11 is 0. The Morgan fingerprint density at radius 1 is 0.829 bits per heavy atom. The molecule has 1 rings (SSSR count). The van der Waals surface area contributed by atoms with Crippen LogP contribution < -0.4 is 20.7 Å². The van der Waals surface area contributed by atoms with E-state index in [0.717, 1.165) is 0 Å². The number of hydrogen-bond donors (Lipinski definition) is 4. The molecule has 35 heavy (non-hydrogen) atoms. The highest BCUT2D eigenvalue weighted by Gasteiger charge is 2.45. The summed E-state index contributed by atoms with van der Waals surface area (Å²) < 4.78 is 16.0. The molecule has 0 amide bonds. The summed E-state index contributed by atoms with van der Waals surface area (Å²) in [6.07, 6.45) is -0.494. The number of esters is 2. The van der Waals surface area contributed by atoms with Gasteiger partial charge in [-0.25, -0.2) is 4.79 Å². The van der Waals surface area contributed by atoms with E-state index in [2.05, 4.69) is 16.0 Å². The Balaban J connectivity index is 2.79. The molecule has 1 atom stereocenters. The summed E-state index contributed by atoms with van der Waals surface area (Å²) in [6, 6.07) is 6.67. The average Bonchev–Trinajstić information content (AvgIpc) is 2.72. The van der Waals surface area contributed by atoms with Crippen LogP contribution in [0.15, 0.2) is 24.3 Å². The molecule has 0 aliphatic rings. The van der Waals surface area contributed by atoms with Gasteiger partial charge in [0.05, 0.1) is 20.1 Å². The Morgan fingerprint density at radius 3 is 1.89 bits per heavy atom. The van der Waals surface area contributed by atoms with Crippen molar-refractivity contribution in [1.82, 2.24) is 16.0 Å². The van der Waals surface area contributed by atoms with E-state index in [1.54, 1.807) is 45.0 Å². The van der Waals surface area contributed by atoms with Crippen molar-refractivity contribution >= 4 is 17.9 Å². The van der Waals surface area contributed by atoms with Crippen molar-refractivity contribution in [2.24, 2.45) is 0 Å². The van der Waals surface area contributed by atoms with Crippen molar-refractivity contribution in [2.45, 2.75) is 64.7 Å². The highest BCUT2D eigenvalue weighted by Crippen LogP contribution is 2.30. The molecule has 198 valence electrons. The van der Waals surface area contributed by atoms with Crippen LogP contribution in [0.2, 0.25) is 0 Å². The molecule has 10 heteroatoms. The number of carboxylic acids is 1. The molecule has 0 saturated heterocycles. The van der Waals surface area contributed by atoms with Crippen LogP contribution in [0.25, 0.3) is 0 Å². The fourth-order valence-corrected chi connectivity index (χ4v) is 3.23. The van der Waals surface area contributed by atoms with Crippen LogP contribution in [0, 0.1) is 0 Å². The van der Waals surface area contributed by atoms with Gasteiger partial charge in [-0.05, 0) is 59.2 Å². The standard InChI is InChI=1S/C25H41N3O7/c1-23(2,3)34-21(31)17-27-13-12-26-14-15-28-25(16-20(29)30,22(32)35-24(4,5)6)18-8-10-19(33-7)11-9-18/h8-11,26-28H,12-17H2,1-7H3,(H,29,30). The lowest BCUT2D eigenvalue weighted by atomic mass is 9.86. The van der Waals surface area contributed by atoms with Crippen LogP contribution in [-0.2, 0) is 29.4 Å². The van der Waals surface area contributed by atoms with Crippen LogP contribution in [-0.4, -0.2) is 74.1 Å². The Kier molecular flexibility index (Phi) is 11.6. The van der Waals surface area contributed by atoms with Crippen molar-refractivity contribution in [3.63, 3.8) is 0 Å². The number of nitrogens with one attached hydrogen (secondary N) is 3. The van der Waals surface area contributed by atoms with Crippen molar-refractivity contribution in [3.8, 4) is 5.75 Å². The first-order valence-electron chi connectivity index (χ1n) is 11.7. The summed E-state index contributed by atoms with van der Waals surface area (Å²) in [6.45, 7) is 12.6. The minimum Gasteiger partial charge on any atom is -0.497 e. The van der Waals surface area contributed by atoms with Gasteiger partial charge in [0.2, 0.25) is 0 Å². The molecule has 0 heterocycles. The number of rotatable bonds is 14. The maximum Gasteiger partial charge on any atom is 0.332 e. The number of carbonyl (C=O) groups excluding carboxylic acids is 2. The zero-order chi connectivity index (χ0) is 26.7. The van der Waals surface area contributed by atoms with E-state index in [0.29, 0.717) is 37.5 Å². The minimum atomic E-state index is -1.58. The van der Waals surface area contributed by atoms with Gasteiger partial charge in [0.15, 0.2) is 5.54 Å². The van der Waals surface area contributed by atoms with Gasteiger partial charge in [0.25, 0.3) is 0 Å².